The molecule has 0 spiro atoms. The minimum Gasteiger partial charge on any atom is -0.396 e. The van der Waals surface area contributed by atoms with Crippen LogP contribution in [0.5, 0.6) is 0 Å². The second kappa shape index (κ2) is 5.75. The fourth-order valence-corrected chi connectivity index (χ4v) is 3.54. The van der Waals surface area contributed by atoms with Gasteiger partial charge in [0.05, 0.1) is 23.5 Å². The minimum atomic E-state index is -2.54. The van der Waals surface area contributed by atoms with E-state index in [0.29, 0.717) is 19.2 Å². The smallest absolute Gasteiger partial charge is 0.206 e. The molecule has 1 atom stereocenters. The minimum absolute atomic E-state index is 0.0994. The van der Waals surface area contributed by atoms with Gasteiger partial charge in [-0.3, -0.25) is 4.57 Å². The van der Waals surface area contributed by atoms with E-state index in [1.807, 2.05) is 12.3 Å². The molecular weight excluding hydrogens is 233 g/mol. The van der Waals surface area contributed by atoms with Gasteiger partial charge in [0.15, 0.2) is 0 Å². The van der Waals surface area contributed by atoms with Gasteiger partial charge in [0.2, 0.25) is 7.37 Å². The summed E-state index contributed by atoms with van der Waals surface area (Å²) in [4.78, 5) is 4.27. The molecule has 0 aromatic carbocycles. The van der Waals surface area contributed by atoms with Crippen LogP contribution in [0.3, 0.4) is 0 Å². The van der Waals surface area contributed by atoms with Gasteiger partial charge in [0.1, 0.15) is 0 Å². The first-order chi connectivity index (χ1) is 7.07. The molecule has 0 aliphatic carbocycles. The fourth-order valence-electron chi connectivity index (χ4n) is 1.25. The van der Waals surface area contributed by atoms with Gasteiger partial charge in [-0.05, 0) is 6.92 Å². The fraction of sp³-hybridized carbons (Fsp3) is 0.667. The number of nitrogens with zero attached hydrogens (tertiary/aromatic N) is 1. The predicted molar refractivity (Wildman–Crippen MR) is 61.8 cm³/mol. The molecule has 15 heavy (non-hydrogen) atoms. The van der Waals surface area contributed by atoms with E-state index in [1.165, 1.54) is 11.3 Å². The number of thiazole rings is 1. The maximum Gasteiger partial charge on any atom is 0.206 e. The first kappa shape index (κ1) is 12.8. The molecular formula is C9H16NO3PS. The molecule has 1 unspecified atom stereocenters. The van der Waals surface area contributed by atoms with Crippen molar-refractivity contribution in [1.29, 1.82) is 0 Å². The molecule has 1 aromatic rings. The highest BCUT2D eigenvalue weighted by atomic mass is 32.1. The van der Waals surface area contributed by atoms with Gasteiger partial charge in [-0.25, -0.2) is 4.98 Å². The summed E-state index contributed by atoms with van der Waals surface area (Å²) in [5.74, 6) is 0. The molecule has 1 heterocycles. The molecule has 0 amide bonds. The van der Waals surface area contributed by atoms with Crippen molar-refractivity contribution >= 4 is 18.7 Å². The van der Waals surface area contributed by atoms with Crippen LogP contribution in [0.1, 0.15) is 17.6 Å². The van der Waals surface area contributed by atoms with E-state index in [4.69, 9.17) is 9.63 Å². The summed E-state index contributed by atoms with van der Waals surface area (Å²) >= 11 is 1.49. The van der Waals surface area contributed by atoms with Gasteiger partial charge >= 0.3 is 0 Å². The molecule has 1 aromatic heterocycles. The number of rotatable bonds is 6. The zero-order valence-corrected chi connectivity index (χ0v) is 10.7. The lowest BCUT2D eigenvalue weighted by Crippen LogP contribution is -1.94. The Morgan fingerprint density at radius 1 is 1.67 bits per heavy atom. The third kappa shape index (κ3) is 4.43. The molecule has 0 aliphatic heterocycles. The first-order valence-corrected chi connectivity index (χ1v) is 7.96. The lowest BCUT2D eigenvalue weighted by atomic mass is 10.5. The summed E-state index contributed by atoms with van der Waals surface area (Å²) in [7, 11) is -2.54. The van der Waals surface area contributed by atoms with Gasteiger partial charge in [0, 0.05) is 25.1 Å². The maximum absolute atomic E-state index is 11.8. The van der Waals surface area contributed by atoms with E-state index in [2.05, 4.69) is 4.98 Å². The molecule has 0 saturated carbocycles. The van der Waals surface area contributed by atoms with Gasteiger partial charge in [-0.1, -0.05) is 0 Å². The lowest BCUT2D eigenvalue weighted by Gasteiger charge is -2.10. The molecule has 0 radical (unpaired) electrons. The van der Waals surface area contributed by atoms with Crippen LogP contribution in [0.4, 0.5) is 0 Å². The third-order valence-corrected chi connectivity index (χ3v) is 4.44. The van der Waals surface area contributed by atoms with Crippen LogP contribution in [0.25, 0.3) is 0 Å². The Kier molecular flexibility index (Phi) is 4.93. The molecule has 86 valence electrons. The average Bonchev–Trinajstić information content (AvgIpc) is 2.52. The van der Waals surface area contributed by atoms with Crippen molar-refractivity contribution in [3.8, 4) is 0 Å². The molecule has 1 rings (SSSR count). The Morgan fingerprint density at radius 3 is 3.00 bits per heavy atom. The second-order valence-electron chi connectivity index (χ2n) is 3.30. The Labute approximate surface area is 93.8 Å². The quantitative estimate of drug-likeness (QED) is 0.784. The Hall–Kier alpha value is -0.220. The molecule has 0 bridgehead atoms. The van der Waals surface area contributed by atoms with Crippen molar-refractivity contribution in [2.45, 2.75) is 19.5 Å². The van der Waals surface area contributed by atoms with E-state index in [9.17, 15) is 4.57 Å². The number of aliphatic hydroxyl groups is 1. The van der Waals surface area contributed by atoms with E-state index in [0.717, 1.165) is 10.7 Å². The Balaban J connectivity index is 2.60. The van der Waals surface area contributed by atoms with Crippen molar-refractivity contribution in [1.82, 2.24) is 4.98 Å². The van der Waals surface area contributed by atoms with Gasteiger partial charge in [-0.15, -0.1) is 11.3 Å². The van der Waals surface area contributed by atoms with Crippen LogP contribution in [0, 0.1) is 0 Å². The molecule has 1 N–H and O–H groups in total. The Bertz CT molecular complexity index is 353. The number of aliphatic hydroxyl groups excluding tert-OH is 1. The highest BCUT2D eigenvalue weighted by molar-refractivity contribution is 7.57. The molecule has 0 saturated heterocycles. The summed E-state index contributed by atoms with van der Waals surface area (Å²) in [6.07, 6.45) is 0.941. The summed E-state index contributed by atoms with van der Waals surface area (Å²) in [6.45, 7) is 4.01. The Morgan fingerprint density at radius 2 is 2.40 bits per heavy atom. The number of aromatic nitrogens is 1. The van der Waals surface area contributed by atoms with Gasteiger partial charge in [0.25, 0.3) is 0 Å². The molecule has 0 aliphatic rings. The van der Waals surface area contributed by atoms with Crippen LogP contribution >= 0.6 is 18.7 Å². The first-order valence-electron chi connectivity index (χ1n) is 4.82. The predicted octanol–water partition coefficient (Wildman–Crippen LogP) is 2.12. The highest BCUT2D eigenvalue weighted by Gasteiger charge is 2.17. The monoisotopic (exact) mass is 249 g/mol. The van der Waals surface area contributed by atoms with Crippen molar-refractivity contribution in [3.63, 3.8) is 0 Å². The summed E-state index contributed by atoms with van der Waals surface area (Å²) < 4.78 is 17.0. The third-order valence-electron chi connectivity index (χ3n) is 1.78. The van der Waals surface area contributed by atoms with Crippen LogP contribution in [0.15, 0.2) is 5.38 Å². The summed E-state index contributed by atoms with van der Waals surface area (Å²) in [5.41, 5.74) is 0.794. The largest absolute Gasteiger partial charge is 0.396 e. The van der Waals surface area contributed by atoms with E-state index >= 15 is 0 Å². The lowest BCUT2D eigenvalue weighted by molar-refractivity contribution is 0.299. The molecule has 0 fully saturated rings. The maximum atomic E-state index is 11.8. The SMILES string of the molecule is CCOP(C)(=O)Cc1csc(CCO)n1. The highest BCUT2D eigenvalue weighted by Crippen LogP contribution is 2.45. The van der Waals surface area contributed by atoms with E-state index in [1.54, 1.807) is 6.66 Å². The molecule has 6 heteroatoms. The summed E-state index contributed by atoms with van der Waals surface area (Å²) in [6, 6.07) is 0. The standard InChI is InChI=1S/C9H16NO3PS/c1-3-13-14(2,12)6-8-7-15-9(10-8)4-5-11/h7,11H,3-6H2,1-2H3. The van der Waals surface area contributed by atoms with Crippen molar-refractivity contribution in [2.75, 3.05) is 19.9 Å². The second-order valence-corrected chi connectivity index (χ2v) is 6.84. The van der Waals surface area contributed by atoms with Crippen molar-refractivity contribution in [3.05, 3.63) is 16.1 Å². The normalized spacial score (nSPS) is 15.1. The number of hydrogen-bond acceptors (Lipinski definition) is 5. The van der Waals surface area contributed by atoms with Crippen LogP contribution < -0.4 is 0 Å². The number of hydrogen-bond donors (Lipinski definition) is 1. The van der Waals surface area contributed by atoms with Crippen molar-refractivity contribution < 1.29 is 14.2 Å². The summed E-state index contributed by atoms with van der Waals surface area (Å²) in [5, 5.41) is 11.5. The average molecular weight is 249 g/mol. The van der Waals surface area contributed by atoms with Crippen LogP contribution in [-0.4, -0.2) is 30.0 Å². The van der Waals surface area contributed by atoms with Gasteiger partial charge in [-0.2, -0.15) is 0 Å². The topological polar surface area (TPSA) is 59.4 Å². The zero-order chi connectivity index (χ0) is 11.3. The van der Waals surface area contributed by atoms with Gasteiger partial charge < -0.3 is 9.63 Å². The van der Waals surface area contributed by atoms with Crippen LogP contribution in [-0.2, 0) is 21.7 Å². The zero-order valence-electron chi connectivity index (χ0n) is 8.97. The molecule has 4 nitrogen and oxygen atoms in total. The van der Waals surface area contributed by atoms with Crippen LogP contribution in [0.2, 0.25) is 0 Å². The van der Waals surface area contributed by atoms with E-state index in [-0.39, 0.29) is 6.61 Å². The van der Waals surface area contributed by atoms with E-state index < -0.39 is 7.37 Å². The van der Waals surface area contributed by atoms with Crippen molar-refractivity contribution in [2.24, 2.45) is 0 Å².